The molecule has 29 heavy (non-hydrogen) atoms. The molecule has 3 N–H and O–H groups in total. The molecule has 1 aliphatic rings. The maximum Gasteiger partial charge on any atom is 0.158 e. The van der Waals surface area contributed by atoms with Gasteiger partial charge in [-0.1, -0.05) is 26.0 Å². The Labute approximate surface area is 169 Å². The fraction of sp³-hybridized carbons (Fsp3) is 0.318. The van der Waals surface area contributed by atoms with Gasteiger partial charge in [0, 0.05) is 42.1 Å². The first-order valence-corrected chi connectivity index (χ1v) is 10.0. The number of hydrogen-bond donors (Lipinski definition) is 2. The van der Waals surface area contributed by atoms with E-state index in [9.17, 15) is 0 Å². The standard InChI is InChI=1S/C22H25N7/c1-13(2)19-20(15-4-6-18(7-5-15)28-10-17(23)11-28)26-27-21(19)16-8-14(3)22-24-12-25-29(22)9-16/h4-9,12-13,17H,10-11,23H2,1-3H3,(H,26,27). The minimum atomic E-state index is 0.295. The molecule has 4 heterocycles. The van der Waals surface area contributed by atoms with Crippen LogP contribution in [0.3, 0.4) is 0 Å². The monoisotopic (exact) mass is 387 g/mol. The van der Waals surface area contributed by atoms with Crippen LogP contribution >= 0.6 is 0 Å². The summed E-state index contributed by atoms with van der Waals surface area (Å²) >= 11 is 0. The normalized spacial score (nSPS) is 14.7. The molecule has 7 nitrogen and oxygen atoms in total. The average molecular weight is 387 g/mol. The third-order valence-corrected chi connectivity index (χ3v) is 5.64. The lowest BCUT2D eigenvalue weighted by atomic mass is 9.94. The lowest BCUT2D eigenvalue weighted by Gasteiger charge is -2.38. The fourth-order valence-corrected chi connectivity index (χ4v) is 4.14. The Morgan fingerprint density at radius 2 is 1.90 bits per heavy atom. The quantitative estimate of drug-likeness (QED) is 0.561. The van der Waals surface area contributed by atoms with Crippen molar-refractivity contribution in [2.75, 3.05) is 18.0 Å². The first-order chi connectivity index (χ1) is 14.0. The maximum absolute atomic E-state index is 5.91. The Balaban J connectivity index is 1.55. The number of pyridine rings is 1. The minimum Gasteiger partial charge on any atom is -0.368 e. The number of fused-ring (bicyclic) bond motifs is 1. The Morgan fingerprint density at radius 3 is 2.59 bits per heavy atom. The second-order valence-electron chi connectivity index (χ2n) is 8.17. The van der Waals surface area contributed by atoms with Crippen molar-refractivity contribution in [2.45, 2.75) is 32.7 Å². The molecule has 1 fully saturated rings. The van der Waals surface area contributed by atoms with Gasteiger partial charge in [-0.15, -0.1) is 0 Å². The molecule has 0 spiro atoms. The van der Waals surface area contributed by atoms with Crippen molar-refractivity contribution >= 4 is 11.3 Å². The molecule has 3 aromatic heterocycles. The zero-order valence-electron chi connectivity index (χ0n) is 16.9. The second-order valence-corrected chi connectivity index (χ2v) is 8.17. The first-order valence-electron chi connectivity index (χ1n) is 10.0. The molecule has 148 valence electrons. The van der Waals surface area contributed by atoms with Gasteiger partial charge in [-0.25, -0.2) is 9.50 Å². The van der Waals surface area contributed by atoms with E-state index in [1.165, 1.54) is 11.3 Å². The highest BCUT2D eigenvalue weighted by Gasteiger charge is 2.24. The zero-order chi connectivity index (χ0) is 20.1. The molecular weight excluding hydrogens is 362 g/mol. The van der Waals surface area contributed by atoms with Gasteiger partial charge in [0.05, 0.1) is 11.4 Å². The number of aromatic nitrogens is 5. The molecule has 5 rings (SSSR count). The summed E-state index contributed by atoms with van der Waals surface area (Å²) in [7, 11) is 0. The van der Waals surface area contributed by atoms with Crippen LogP contribution in [0.5, 0.6) is 0 Å². The summed E-state index contributed by atoms with van der Waals surface area (Å²) in [5.41, 5.74) is 14.5. The molecule has 0 saturated carbocycles. The number of anilines is 1. The number of hydrogen-bond acceptors (Lipinski definition) is 5. The van der Waals surface area contributed by atoms with Crippen molar-refractivity contribution in [3.8, 4) is 22.5 Å². The fourth-order valence-electron chi connectivity index (χ4n) is 4.14. The summed E-state index contributed by atoms with van der Waals surface area (Å²) in [5, 5.41) is 12.3. The molecule has 7 heteroatoms. The van der Waals surface area contributed by atoms with Crippen LogP contribution in [-0.4, -0.2) is 43.9 Å². The largest absolute Gasteiger partial charge is 0.368 e. The Kier molecular flexibility index (Phi) is 4.13. The summed E-state index contributed by atoms with van der Waals surface area (Å²) in [6.45, 7) is 8.31. The maximum atomic E-state index is 5.91. The van der Waals surface area contributed by atoms with E-state index in [4.69, 9.17) is 10.8 Å². The second kappa shape index (κ2) is 6.70. The Bertz CT molecular complexity index is 1160. The van der Waals surface area contributed by atoms with Crippen molar-refractivity contribution in [1.82, 2.24) is 24.8 Å². The molecule has 1 aromatic carbocycles. The van der Waals surface area contributed by atoms with E-state index < -0.39 is 0 Å². The summed E-state index contributed by atoms with van der Waals surface area (Å²) < 4.78 is 1.82. The van der Waals surface area contributed by atoms with Crippen LogP contribution in [0.4, 0.5) is 5.69 Å². The van der Waals surface area contributed by atoms with Gasteiger partial charge in [0.2, 0.25) is 0 Å². The highest BCUT2D eigenvalue weighted by atomic mass is 15.3. The Morgan fingerprint density at radius 1 is 1.14 bits per heavy atom. The molecule has 0 radical (unpaired) electrons. The third-order valence-electron chi connectivity index (χ3n) is 5.64. The van der Waals surface area contributed by atoms with Crippen LogP contribution in [0.25, 0.3) is 28.2 Å². The van der Waals surface area contributed by atoms with E-state index in [0.29, 0.717) is 12.0 Å². The third kappa shape index (κ3) is 2.98. The topological polar surface area (TPSA) is 88.1 Å². The van der Waals surface area contributed by atoms with Gasteiger partial charge < -0.3 is 10.6 Å². The van der Waals surface area contributed by atoms with E-state index in [1.54, 1.807) is 6.33 Å². The van der Waals surface area contributed by atoms with Crippen LogP contribution in [0.1, 0.15) is 30.9 Å². The number of benzene rings is 1. The molecule has 0 unspecified atom stereocenters. The van der Waals surface area contributed by atoms with E-state index in [0.717, 1.165) is 46.8 Å². The van der Waals surface area contributed by atoms with Crippen molar-refractivity contribution in [3.63, 3.8) is 0 Å². The molecule has 0 amide bonds. The molecule has 1 aliphatic heterocycles. The smallest absolute Gasteiger partial charge is 0.158 e. The molecular formula is C22H25N7. The molecule has 0 atom stereocenters. The van der Waals surface area contributed by atoms with Crippen molar-refractivity contribution in [3.05, 3.63) is 54.0 Å². The van der Waals surface area contributed by atoms with Crippen LogP contribution in [0.2, 0.25) is 0 Å². The number of nitrogens with zero attached hydrogens (tertiary/aromatic N) is 5. The SMILES string of the molecule is Cc1cc(-c2n[nH]c(-c3ccc(N4CC(N)C4)cc3)c2C(C)C)cn2ncnc12. The van der Waals surface area contributed by atoms with Gasteiger partial charge >= 0.3 is 0 Å². The average Bonchev–Trinajstić information content (AvgIpc) is 3.33. The van der Waals surface area contributed by atoms with Gasteiger partial charge in [-0.2, -0.15) is 10.2 Å². The summed E-state index contributed by atoms with van der Waals surface area (Å²) in [4.78, 5) is 6.61. The van der Waals surface area contributed by atoms with Crippen molar-refractivity contribution in [2.24, 2.45) is 5.73 Å². The van der Waals surface area contributed by atoms with Crippen LogP contribution < -0.4 is 10.6 Å². The lowest BCUT2D eigenvalue weighted by molar-refractivity contribution is 0.519. The molecule has 4 aromatic rings. The molecule has 1 saturated heterocycles. The van der Waals surface area contributed by atoms with Crippen LogP contribution in [0.15, 0.2) is 42.9 Å². The van der Waals surface area contributed by atoms with E-state index in [1.807, 2.05) is 10.7 Å². The van der Waals surface area contributed by atoms with Crippen molar-refractivity contribution in [1.29, 1.82) is 0 Å². The minimum absolute atomic E-state index is 0.295. The van der Waals surface area contributed by atoms with Gasteiger partial charge in [-0.3, -0.25) is 5.10 Å². The number of aryl methyl sites for hydroxylation is 1. The van der Waals surface area contributed by atoms with Gasteiger partial charge in [-0.05, 0) is 42.2 Å². The van der Waals surface area contributed by atoms with Gasteiger partial charge in [0.1, 0.15) is 6.33 Å². The van der Waals surface area contributed by atoms with E-state index >= 15 is 0 Å². The molecule has 0 aliphatic carbocycles. The number of nitrogens with one attached hydrogen (secondary N) is 1. The van der Waals surface area contributed by atoms with Gasteiger partial charge in [0.25, 0.3) is 0 Å². The number of rotatable bonds is 4. The van der Waals surface area contributed by atoms with Gasteiger partial charge in [0.15, 0.2) is 5.65 Å². The number of aromatic amines is 1. The number of nitrogens with two attached hydrogens (primary N) is 1. The highest BCUT2D eigenvalue weighted by molar-refractivity contribution is 5.76. The molecule has 0 bridgehead atoms. The number of H-pyrrole nitrogens is 1. The van der Waals surface area contributed by atoms with E-state index in [-0.39, 0.29) is 0 Å². The summed E-state index contributed by atoms with van der Waals surface area (Å²) in [6.07, 6.45) is 3.58. The zero-order valence-corrected chi connectivity index (χ0v) is 16.9. The Hall–Kier alpha value is -3.19. The van der Waals surface area contributed by atoms with Crippen molar-refractivity contribution < 1.29 is 0 Å². The predicted octanol–water partition coefficient (Wildman–Crippen LogP) is 3.37. The summed E-state index contributed by atoms with van der Waals surface area (Å²) in [6, 6.07) is 11.1. The van der Waals surface area contributed by atoms with Crippen LogP contribution in [0, 0.1) is 6.92 Å². The lowest BCUT2D eigenvalue weighted by Crippen LogP contribution is -2.55. The highest BCUT2D eigenvalue weighted by Crippen LogP contribution is 2.36. The van der Waals surface area contributed by atoms with Crippen LogP contribution in [-0.2, 0) is 0 Å². The summed E-state index contributed by atoms with van der Waals surface area (Å²) in [5.74, 6) is 0.318. The predicted molar refractivity (Wildman–Crippen MR) is 115 cm³/mol. The van der Waals surface area contributed by atoms with E-state index in [2.05, 4.69) is 71.2 Å². The first kappa shape index (κ1) is 17.9.